The Kier molecular flexibility index (Phi) is 4.62. The van der Waals surface area contributed by atoms with Gasteiger partial charge in [0.2, 0.25) is 0 Å². The van der Waals surface area contributed by atoms with Crippen molar-refractivity contribution in [3.05, 3.63) is 51.7 Å². The highest BCUT2D eigenvalue weighted by molar-refractivity contribution is 7.12. The van der Waals surface area contributed by atoms with E-state index < -0.39 is 0 Å². The summed E-state index contributed by atoms with van der Waals surface area (Å²) in [6, 6.07) is 12.5. The maximum atomic E-state index is 8.68. The van der Waals surface area contributed by atoms with E-state index in [4.69, 9.17) is 5.11 Å². The predicted octanol–water partition coefficient (Wildman–Crippen LogP) is 3.04. The Bertz CT molecular complexity index is 606. The van der Waals surface area contributed by atoms with Gasteiger partial charge in [0, 0.05) is 17.6 Å². The Morgan fingerprint density at radius 1 is 1.21 bits per heavy atom. The van der Waals surface area contributed by atoms with Crippen LogP contribution in [0.1, 0.15) is 15.3 Å². The molecule has 0 spiro atoms. The molecule has 0 saturated heterocycles. The molecule has 1 N–H and O–H groups in total. The molecule has 0 atom stereocenters. The minimum absolute atomic E-state index is 0.0870. The molecule has 3 heteroatoms. The standard InChI is InChI=1S/C16H17NOS/c1-13-6-3-4-8-16(13)17(2)12-15-10-9-14(19-15)7-5-11-18/h3-4,6,8-10,18H,11-12H2,1-2H3. The van der Waals surface area contributed by atoms with Crippen molar-refractivity contribution >= 4 is 17.0 Å². The monoisotopic (exact) mass is 271 g/mol. The van der Waals surface area contributed by atoms with Crippen LogP contribution < -0.4 is 4.90 Å². The Morgan fingerprint density at radius 2 is 2.00 bits per heavy atom. The highest BCUT2D eigenvalue weighted by Gasteiger charge is 2.06. The van der Waals surface area contributed by atoms with Crippen LogP contribution in [0.2, 0.25) is 0 Å². The number of hydrogen-bond acceptors (Lipinski definition) is 3. The summed E-state index contributed by atoms with van der Waals surface area (Å²) in [5, 5.41) is 8.68. The molecule has 2 nitrogen and oxygen atoms in total. The fraction of sp³-hybridized carbons (Fsp3) is 0.250. The van der Waals surface area contributed by atoms with E-state index >= 15 is 0 Å². The summed E-state index contributed by atoms with van der Waals surface area (Å²) in [4.78, 5) is 4.51. The molecule has 19 heavy (non-hydrogen) atoms. The van der Waals surface area contributed by atoms with Gasteiger partial charge in [0.15, 0.2) is 0 Å². The van der Waals surface area contributed by atoms with Gasteiger partial charge in [-0.1, -0.05) is 30.0 Å². The summed E-state index contributed by atoms with van der Waals surface area (Å²) in [6.07, 6.45) is 0. The van der Waals surface area contributed by atoms with Crippen LogP contribution in [0, 0.1) is 18.8 Å². The molecule has 0 bridgehead atoms. The zero-order chi connectivity index (χ0) is 13.7. The SMILES string of the molecule is Cc1ccccc1N(C)Cc1ccc(C#CCO)s1. The molecular weight excluding hydrogens is 254 g/mol. The number of aryl methyl sites for hydroxylation is 1. The fourth-order valence-electron chi connectivity index (χ4n) is 1.97. The quantitative estimate of drug-likeness (QED) is 0.867. The minimum Gasteiger partial charge on any atom is -0.384 e. The van der Waals surface area contributed by atoms with E-state index in [1.807, 2.05) is 6.07 Å². The van der Waals surface area contributed by atoms with Gasteiger partial charge in [0.25, 0.3) is 0 Å². The van der Waals surface area contributed by atoms with Crippen LogP contribution in [0.15, 0.2) is 36.4 Å². The van der Waals surface area contributed by atoms with Gasteiger partial charge in [-0.15, -0.1) is 11.3 Å². The molecule has 0 fully saturated rings. The van der Waals surface area contributed by atoms with Gasteiger partial charge in [-0.3, -0.25) is 0 Å². The zero-order valence-electron chi connectivity index (χ0n) is 11.2. The van der Waals surface area contributed by atoms with E-state index in [1.165, 1.54) is 16.1 Å². The second kappa shape index (κ2) is 6.42. The molecule has 0 amide bonds. The molecule has 0 unspecified atom stereocenters. The number of thiophene rings is 1. The van der Waals surface area contributed by atoms with E-state index in [0.717, 1.165) is 11.4 Å². The number of rotatable bonds is 3. The van der Waals surface area contributed by atoms with Gasteiger partial charge in [-0.05, 0) is 30.7 Å². The van der Waals surface area contributed by atoms with Gasteiger partial charge < -0.3 is 10.0 Å². The van der Waals surface area contributed by atoms with Crippen LogP contribution in [0.3, 0.4) is 0 Å². The lowest BCUT2D eigenvalue weighted by atomic mass is 10.2. The minimum atomic E-state index is -0.0870. The Morgan fingerprint density at radius 3 is 2.74 bits per heavy atom. The highest BCUT2D eigenvalue weighted by atomic mass is 32.1. The van der Waals surface area contributed by atoms with E-state index in [2.05, 4.69) is 61.0 Å². The summed E-state index contributed by atoms with van der Waals surface area (Å²) in [5.41, 5.74) is 2.53. The van der Waals surface area contributed by atoms with Crippen molar-refractivity contribution in [1.29, 1.82) is 0 Å². The topological polar surface area (TPSA) is 23.5 Å². The van der Waals surface area contributed by atoms with Crippen LogP contribution in [-0.4, -0.2) is 18.8 Å². The van der Waals surface area contributed by atoms with Crippen molar-refractivity contribution in [1.82, 2.24) is 0 Å². The third-order valence-electron chi connectivity index (χ3n) is 2.87. The lowest BCUT2D eigenvalue weighted by Gasteiger charge is -2.20. The molecule has 98 valence electrons. The van der Waals surface area contributed by atoms with Crippen molar-refractivity contribution in [3.8, 4) is 11.8 Å². The van der Waals surface area contributed by atoms with Crippen LogP contribution in [0.4, 0.5) is 5.69 Å². The van der Waals surface area contributed by atoms with Crippen LogP contribution >= 0.6 is 11.3 Å². The molecule has 2 aromatic rings. The molecule has 0 aliphatic rings. The first-order valence-electron chi connectivity index (χ1n) is 6.16. The third kappa shape index (κ3) is 3.60. The largest absolute Gasteiger partial charge is 0.384 e. The van der Waals surface area contributed by atoms with Gasteiger partial charge in [-0.2, -0.15) is 0 Å². The smallest absolute Gasteiger partial charge is 0.104 e. The summed E-state index contributed by atoms with van der Waals surface area (Å²) in [5.74, 6) is 5.61. The number of hydrogen-bond donors (Lipinski definition) is 1. The normalized spacial score (nSPS) is 9.84. The predicted molar refractivity (Wildman–Crippen MR) is 81.6 cm³/mol. The van der Waals surface area contributed by atoms with Crippen molar-refractivity contribution < 1.29 is 5.11 Å². The van der Waals surface area contributed by atoms with E-state index in [0.29, 0.717) is 0 Å². The van der Waals surface area contributed by atoms with Gasteiger partial charge in [0.05, 0.1) is 11.4 Å². The van der Waals surface area contributed by atoms with Gasteiger partial charge in [0.1, 0.15) is 6.61 Å². The van der Waals surface area contributed by atoms with Crippen molar-refractivity contribution in [3.63, 3.8) is 0 Å². The highest BCUT2D eigenvalue weighted by Crippen LogP contribution is 2.23. The van der Waals surface area contributed by atoms with Gasteiger partial charge in [-0.25, -0.2) is 0 Å². The van der Waals surface area contributed by atoms with Crippen molar-refractivity contribution in [2.75, 3.05) is 18.6 Å². The first-order chi connectivity index (χ1) is 9.20. The molecular formula is C16H17NOS. The molecule has 1 aromatic heterocycles. The number of nitrogens with zero attached hydrogens (tertiary/aromatic N) is 1. The molecule has 0 aliphatic heterocycles. The second-order valence-electron chi connectivity index (χ2n) is 4.37. The van der Waals surface area contributed by atoms with E-state index in [9.17, 15) is 0 Å². The maximum Gasteiger partial charge on any atom is 0.104 e. The lowest BCUT2D eigenvalue weighted by Crippen LogP contribution is -2.16. The van der Waals surface area contributed by atoms with E-state index in [1.54, 1.807) is 11.3 Å². The molecule has 0 radical (unpaired) electrons. The molecule has 2 rings (SSSR count). The van der Waals surface area contributed by atoms with E-state index in [-0.39, 0.29) is 6.61 Å². The Balaban J connectivity index is 2.09. The maximum absolute atomic E-state index is 8.68. The second-order valence-corrected chi connectivity index (χ2v) is 5.54. The van der Waals surface area contributed by atoms with Crippen LogP contribution in [0.25, 0.3) is 0 Å². The number of aliphatic hydroxyl groups excluding tert-OH is 1. The van der Waals surface area contributed by atoms with Crippen LogP contribution in [0.5, 0.6) is 0 Å². The van der Waals surface area contributed by atoms with Gasteiger partial charge >= 0.3 is 0 Å². The van der Waals surface area contributed by atoms with Crippen LogP contribution in [-0.2, 0) is 6.54 Å². The summed E-state index contributed by atoms with van der Waals surface area (Å²) < 4.78 is 0. The average Bonchev–Trinajstić information content (AvgIpc) is 2.84. The zero-order valence-corrected chi connectivity index (χ0v) is 12.0. The fourth-order valence-corrected chi connectivity index (χ4v) is 2.90. The van der Waals surface area contributed by atoms with Crippen molar-refractivity contribution in [2.45, 2.75) is 13.5 Å². The summed E-state index contributed by atoms with van der Waals surface area (Å²) in [6.45, 7) is 2.91. The molecule has 0 aliphatic carbocycles. The first kappa shape index (κ1) is 13.7. The summed E-state index contributed by atoms with van der Waals surface area (Å²) >= 11 is 1.68. The lowest BCUT2D eigenvalue weighted by molar-refractivity contribution is 0.350. The first-order valence-corrected chi connectivity index (χ1v) is 6.97. The number of para-hydroxylation sites is 1. The number of aliphatic hydroxyl groups is 1. The number of benzene rings is 1. The number of anilines is 1. The molecule has 0 saturated carbocycles. The molecule has 1 heterocycles. The molecule has 1 aromatic carbocycles. The van der Waals surface area contributed by atoms with Crippen molar-refractivity contribution in [2.24, 2.45) is 0 Å². The summed E-state index contributed by atoms with van der Waals surface area (Å²) in [7, 11) is 2.10. The average molecular weight is 271 g/mol. The third-order valence-corrected chi connectivity index (χ3v) is 3.86. The Hall–Kier alpha value is -1.76. The Labute approximate surface area is 118 Å².